The Morgan fingerprint density at radius 3 is 2.69 bits per heavy atom. The second-order valence-electron chi connectivity index (χ2n) is 13.0. The van der Waals surface area contributed by atoms with Gasteiger partial charge in [-0.15, -0.1) is 0 Å². The molecule has 1 aliphatic carbocycles. The zero-order valence-electron chi connectivity index (χ0n) is 24.6. The van der Waals surface area contributed by atoms with Gasteiger partial charge in [-0.3, -0.25) is 9.69 Å². The van der Waals surface area contributed by atoms with Gasteiger partial charge in [0.15, 0.2) is 24.9 Å². The number of hydrogen-bond donors (Lipinski definition) is 1. The number of rotatable bonds is 8. The van der Waals surface area contributed by atoms with Crippen LogP contribution in [0, 0.1) is 5.82 Å². The fraction of sp³-hybridized carbons (Fsp3) is 0.484. The monoisotopic (exact) mass is 629 g/mol. The largest absolute Gasteiger partial charge is 0.454 e. The molecule has 3 heterocycles. The van der Waals surface area contributed by atoms with Gasteiger partial charge < -0.3 is 19.2 Å². The van der Waals surface area contributed by atoms with Crippen molar-refractivity contribution in [3.8, 4) is 11.5 Å². The van der Waals surface area contributed by atoms with Crippen LogP contribution in [-0.4, -0.2) is 50.1 Å². The van der Waals surface area contributed by atoms with E-state index in [1.807, 2.05) is 18.2 Å². The maximum atomic E-state index is 14.0. The predicted octanol–water partition coefficient (Wildman–Crippen LogP) is 7.52. The lowest BCUT2D eigenvalue weighted by atomic mass is 9.94. The number of carbonyl (C=O) groups is 1. The van der Waals surface area contributed by atoms with Crippen molar-refractivity contribution in [3.05, 3.63) is 69.4 Å². The normalized spacial score (nSPS) is 20.5. The molecule has 1 N–H and O–H groups in total. The van der Waals surface area contributed by atoms with Crippen molar-refractivity contribution in [1.29, 1.82) is 0 Å². The van der Waals surface area contributed by atoms with Crippen molar-refractivity contribution in [2.24, 2.45) is 0 Å². The molecule has 1 saturated carbocycles. The van der Waals surface area contributed by atoms with Gasteiger partial charge in [-0.2, -0.15) is 0 Å². The summed E-state index contributed by atoms with van der Waals surface area (Å²) in [5.41, 5.74) is 1.13. The summed E-state index contributed by atoms with van der Waals surface area (Å²) >= 11 is 8.05. The van der Waals surface area contributed by atoms with Gasteiger partial charge in [0.1, 0.15) is 5.82 Å². The van der Waals surface area contributed by atoms with E-state index in [9.17, 15) is 9.18 Å². The van der Waals surface area contributed by atoms with Gasteiger partial charge in [-0.25, -0.2) is 9.37 Å². The summed E-state index contributed by atoms with van der Waals surface area (Å²) in [5, 5.41) is 4.08. The van der Waals surface area contributed by atoms with Crippen LogP contribution in [0.5, 0.6) is 11.5 Å². The lowest BCUT2D eigenvalue weighted by Crippen LogP contribution is -2.44. The Kier molecular flexibility index (Phi) is 7.67. The predicted molar refractivity (Wildman–Crippen MR) is 166 cm³/mol. The molecule has 0 bridgehead atoms. The summed E-state index contributed by atoms with van der Waals surface area (Å²) in [6.45, 7) is 13.0. The number of amides is 1. The van der Waals surface area contributed by atoms with Crippen LogP contribution >= 0.6 is 22.9 Å². The minimum atomic E-state index is -1.95. The molecule has 2 aliphatic heterocycles. The molecular formula is C31H37ClFN3O4SSi. The second-order valence-corrected chi connectivity index (χ2v) is 19.2. The zero-order chi connectivity index (χ0) is 29.9. The standard InChI is InChI=1S/C31H37ClFN3O4SSi/c1-30(2,3)42(4,5)40-21-10-13-36(17-21)27(22-8-7-20(33)15-23(22)32)26-16-34-29(41-26)35-28(37)31(11-12-31)19-6-9-24-25(14-19)39-18-38-24/h6-9,14-16,21,27H,10-13,17-18H2,1-5H3,(H,34,35,37)/t21-,27+/m1/s1. The number of nitrogens with zero attached hydrogens (tertiary/aromatic N) is 2. The SMILES string of the molecule is CC(C)(C)[Si](C)(C)O[C@@H]1CCN([C@H](c2cnc(NC(=O)C3(c4ccc5c(c4)OCO5)CC3)s2)c2ccc(F)cc2Cl)C1. The number of hydrogen-bond acceptors (Lipinski definition) is 7. The molecule has 224 valence electrons. The molecule has 11 heteroatoms. The Hall–Kier alpha value is -2.50. The van der Waals surface area contributed by atoms with Crippen LogP contribution in [0.3, 0.4) is 0 Å². The first-order valence-corrected chi connectivity index (χ1v) is 18.5. The van der Waals surface area contributed by atoms with Gasteiger partial charge in [0.05, 0.1) is 17.6 Å². The Morgan fingerprint density at radius 1 is 1.21 bits per heavy atom. The fourth-order valence-electron chi connectivity index (χ4n) is 5.58. The Labute approximate surface area is 256 Å². The third-order valence-electron chi connectivity index (χ3n) is 9.19. The molecular weight excluding hydrogens is 593 g/mol. The molecule has 2 aromatic carbocycles. The zero-order valence-corrected chi connectivity index (χ0v) is 27.2. The second kappa shape index (κ2) is 10.9. The van der Waals surface area contributed by atoms with Gasteiger partial charge in [0.25, 0.3) is 0 Å². The third kappa shape index (κ3) is 5.59. The number of aromatic nitrogens is 1. The van der Waals surface area contributed by atoms with Crippen molar-refractivity contribution in [1.82, 2.24) is 9.88 Å². The minimum absolute atomic E-state index is 0.0809. The lowest BCUT2D eigenvalue weighted by Gasteiger charge is -2.38. The maximum absolute atomic E-state index is 14.0. The van der Waals surface area contributed by atoms with E-state index in [1.165, 1.54) is 23.5 Å². The van der Waals surface area contributed by atoms with E-state index in [0.717, 1.165) is 48.4 Å². The maximum Gasteiger partial charge on any atom is 0.236 e. The highest BCUT2D eigenvalue weighted by atomic mass is 35.5. The molecule has 0 unspecified atom stereocenters. The van der Waals surface area contributed by atoms with E-state index in [1.54, 1.807) is 12.3 Å². The Morgan fingerprint density at radius 2 is 1.98 bits per heavy atom. The average Bonchev–Trinajstić information content (AvgIpc) is 3.22. The number of thiazole rings is 1. The molecule has 42 heavy (non-hydrogen) atoms. The van der Waals surface area contributed by atoms with Gasteiger partial charge >= 0.3 is 0 Å². The van der Waals surface area contributed by atoms with E-state index in [2.05, 4.69) is 49.1 Å². The summed E-state index contributed by atoms with van der Waals surface area (Å²) in [7, 11) is -1.95. The first-order chi connectivity index (χ1) is 19.9. The molecule has 2 atom stereocenters. The van der Waals surface area contributed by atoms with Crippen molar-refractivity contribution in [2.45, 2.75) is 75.7 Å². The van der Waals surface area contributed by atoms with Crippen LogP contribution in [0.2, 0.25) is 23.2 Å². The van der Waals surface area contributed by atoms with E-state index in [-0.39, 0.29) is 35.7 Å². The summed E-state index contributed by atoms with van der Waals surface area (Å²) < 4.78 is 31.8. The van der Waals surface area contributed by atoms with Crippen molar-refractivity contribution in [3.63, 3.8) is 0 Å². The van der Waals surface area contributed by atoms with Gasteiger partial charge in [0, 0.05) is 29.2 Å². The number of ether oxygens (including phenoxy) is 2. The first-order valence-electron chi connectivity index (χ1n) is 14.4. The Bertz CT molecular complexity index is 1510. The molecule has 0 spiro atoms. The van der Waals surface area contributed by atoms with E-state index in [0.29, 0.717) is 21.7 Å². The number of halogens is 2. The van der Waals surface area contributed by atoms with E-state index in [4.69, 9.17) is 25.5 Å². The Balaban J connectivity index is 1.23. The molecule has 3 aliphatic rings. The highest BCUT2D eigenvalue weighted by Crippen LogP contribution is 2.51. The van der Waals surface area contributed by atoms with Crippen LogP contribution in [0.25, 0.3) is 0 Å². The fourth-order valence-corrected chi connectivity index (χ4v) is 8.20. The molecule has 7 nitrogen and oxygen atoms in total. The molecule has 1 saturated heterocycles. The van der Waals surface area contributed by atoms with Crippen molar-refractivity contribution >= 4 is 42.3 Å². The minimum Gasteiger partial charge on any atom is -0.454 e. The summed E-state index contributed by atoms with van der Waals surface area (Å²) in [6.07, 6.45) is 4.33. The number of benzene rings is 2. The molecule has 6 rings (SSSR count). The number of nitrogens with one attached hydrogen (secondary N) is 1. The van der Waals surface area contributed by atoms with Crippen LogP contribution < -0.4 is 14.8 Å². The first kappa shape index (κ1) is 29.6. The van der Waals surface area contributed by atoms with Gasteiger partial charge in [-0.1, -0.05) is 55.8 Å². The molecule has 3 aromatic rings. The van der Waals surface area contributed by atoms with Crippen LogP contribution in [0.1, 0.15) is 62.1 Å². The summed E-state index contributed by atoms with van der Waals surface area (Å²) in [6, 6.07) is 10.0. The van der Waals surface area contributed by atoms with Crippen LogP contribution in [0.4, 0.5) is 9.52 Å². The van der Waals surface area contributed by atoms with Crippen LogP contribution in [0.15, 0.2) is 42.6 Å². The van der Waals surface area contributed by atoms with Crippen molar-refractivity contribution < 1.29 is 23.1 Å². The molecule has 1 amide bonds. The smallest absolute Gasteiger partial charge is 0.236 e. The van der Waals surface area contributed by atoms with Crippen molar-refractivity contribution in [2.75, 3.05) is 25.2 Å². The number of carbonyl (C=O) groups excluding carboxylic acids is 1. The lowest BCUT2D eigenvalue weighted by molar-refractivity contribution is -0.118. The van der Waals surface area contributed by atoms with Gasteiger partial charge in [0.2, 0.25) is 12.7 Å². The van der Waals surface area contributed by atoms with Gasteiger partial charge in [-0.05, 0) is 72.8 Å². The number of likely N-dealkylation sites (tertiary alicyclic amines) is 1. The van der Waals surface area contributed by atoms with Crippen LogP contribution in [-0.2, 0) is 14.6 Å². The third-order valence-corrected chi connectivity index (χ3v) is 15.0. The molecule has 0 radical (unpaired) electrons. The molecule has 2 fully saturated rings. The highest BCUT2D eigenvalue weighted by Gasteiger charge is 2.52. The topological polar surface area (TPSA) is 72.9 Å². The van der Waals surface area contributed by atoms with E-state index >= 15 is 0 Å². The number of anilines is 1. The van der Waals surface area contributed by atoms with E-state index < -0.39 is 13.7 Å². The highest BCUT2D eigenvalue weighted by molar-refractivity contribution is 7.15. The molecule has 1 aromatic heterocycles. The summed E-state index contributed by atoms with van der Waals surface area (Å²) in [4.78, 5) is 21.4. The number of fused-ring (bicyclic) bond motifs is 1. The summed E-state index contributed by atoms with van der Waals surface area (Å²) in [5.74, 6) is 0.911. The quantitative estimate of drug-likeness (QED) is 0.260. The average molecular weight is 630 g/mol.